The molecule has 1 fully saturated rings. The highest BCUT2D eigenvalue weighted by Crippen LogP contribution is 2.27. The quantitative estimate of drug-likeness (QED) is 0.841. The third-order valence-corrected chi connectivity index (χ3v) is 3.80. The lowest BCUT2D eigenvalue weighted by Crippen LogP contribution is -2.43. The minimum Gasteiger partial charge on any atom is -0.496 e. The fraction of sp³-hybridized carbons (Fsp3) is 0.429. The highest BCUT2D eigenvalue weighted by atomic mass is 79.9. The van der Waals surface area contributed by atoms with Crippen LogP contribution in [0.2, 0.25) is 0 Å². The highest BCUT2D eigenvalue weighted by molar-refractivity contribution is 9.10. The highest BCUT2D eigenvalue weighted by Gasteiger charge is 2.28. The first-order chi connectivity index (χ1) is 9.17. The fourth-order valence-corrected chi connectivity index (χ4v) is 2.65. The van der Waals surface area contributed by atoms with Gasteiger partial charge in [0, 0.05) is 11.0 Å². The second-order valence-electron chi connectivity index (χ2n) is 4.48. The average molecular weight is 323 g/mol. The summed E-state index contributed by atoms with van der Waals surface area (Å²) < 4.78 is 6.10. The van der Waals surface area contributed by atoms with Crippen LogP contribution in [0.3, 0.4) is 0 Å². The fourth-order valence-electron chi connectivity index (χ4n) is 2.31. The Bertz CT molecular complexity index is 525. The molecule has 0 N–H and O–H groups in total. The van der Waals surface area contributed by atoms with E-state index in [0.717, 1.165) is 23.7 Å². The maximum atomic E-state index is 12.5. The number of carbonyl (C=O) groups is 1. The van der Waals surface area contributed by atoms with Gasteiger partial charge in [-0.3, -0.25) is 4.79 Å². The molecule has 1 aliphatic rings. The van der Waals surface area contributed by atoms with Crippen LogP contribution in [0.4, 0.5) is 0 Å². The van der Waals surface area contributed by atoms with Crippen molar-refractivity contribution in [2.75, 3.05) is 13.7 Å². The summed E-state index contributed by atoms with van der Waals surface area (Å²) in [6, 6.07) is 7.18. The molecule has 1 atom stereocenters. The number of ether oxygens (including phenoxy) is 1. The maximum absolute atomic E-state index is 12.5. The number of nitrogens with zero attached hydrogens (tertiary/aromatic N) is 2. The molecule has 1 unspecified atom stereocenters. The van der Waals surface area contributed by atoms with E-state index < -0.39 is 0 Å². The van der Waals surface area contributed by atoms with Crippen molar-refractivity contribution < 1.29 is 9.53 Å². The summed E-state index contributed by atoms with van der Waals surface area (Å²) in [5, 5.41) is 9.15. The first kappa shape index (κ1) is 13.9. The molecule has 1 amide bonds. The van der Waals surface area contributed by atoms with Gasteiger partial charge in [0.05, 0.1) is 18.7 Å². The van der Waals surface area contributed by atoms with Crippen molar-refractivity contribution >= 4 is 21.8 Å². The van der Waals surface area contributed by atoms with Crippen molar-refractivity contribution in [3.05, 3.63) is 28.2 Å². The Morgan fingerprint density at radius 1 is 1.53 bits per heavy atom. The lowest BCUT2D eigenvalue weighted by molar-refractivity contribution is 0.0667. The summed E-state index contributed by atoms with van der Waals surface area (Å²) in [6.07, 6.45) is 2.70. The molecule has 1 saturated heterocycles. The van der Waals surface area contributed by atoms with Crippen molar-refractivity contribution in [2.45, 2.75) is 25.3 Å². The molecule has 5 heteroatoms. The van der Waals surface area contributed by atoms with E-state index in [0.29, 0.717) is 17.9 Å². The number of piperidine rings is 1. The van der Waals surface area contributed by atoms with E-state index in [9.17, 15) is 4.79 Å². The van der Waals surface area contributed by atoms with Gasteiger partial charge in [-0.2, -0.15) is 5.26 Å². The number of likely N-dealkylation sites (tertiary alicyclic amines) is 1. The van der Waals surface area contributed by atoms with E-state index in [1.807, 2.05) is 0 Å². The van der Waals surface area contributed by atoms with Gasteiger partial charge in [-0.1, -0.05) is 15.9 Å². The largest absolute Gasteiger partial charge is 0.496 e. The van der Waals surface area contributed by atoms with Gasteiger partial charge in [0.1, 0.15) is 11.8 Å². The summed E-state index contributed by atoms with van der Waals surface area (Å²) in [6.45, 7) is 0.635. The van der Waals surface area contributed by atoms with Gasteiger partial charge in [0.2, 0.25) is 0 Å². The predicted molar refractivity (Wildman–Crippen MR) is 75.0 cm³/mol. The lowest BCUT2D eigenvalue weighted by Gasteiger charge is -2.31. The zero-order valence-electron chi connectivity index (χ0n) is 10.7. The maximum Gasteiger partial charge on any atom is 0.258 e. The summed E-state index contributed by atoms with van der Waals surface area (Å²) >= 11 is 3.35. The number of hydrogen-bond acceptors (Lipinski definition) is 3. The third kappa shape index (κ3) is 2.90. The summed E-state index contributed by atoms with van der Waals surface area (Å²) in [5.74, 6) is 0.400. The lowest BCUT2D eigenvalue weighted by atomic mass is 10.0. The molecule has 100 valence electrons. The molecule has 0 saturated carbocycles. The number of hydrogen-bond donors (Lipinski definition) is 0. The van der Waals surface area contributed by atoms with Gasteiger partial charge in [0.25, 0.3) is 5.91 Å². The molecular weight excluding hydrogens is 308 g/mol. The molecule has 4 nitrogen and oxygen atoms in total. The zero-order chi connectivity index (χ0) is 13.8. The van der Waals surface area contributed by atoms with Crippen LogP contribution >= 0.6 is 15.9 Å². The Morgan fingerprint density at radius 3 is 3.00 bits per heavy atom. The number of amides is 1. The second-order valence-corrected chi connectivity index (χ2v) is 5.40. The Kier molecular flexibility index (Phi) is 4.43. The van der Waals surface area contributed by atoms with E-state index in [-0.39, 0.29) is 11.9 Å². The van der Waals surface area contributed by atoms with E-state index >= 15 is 0 Å². The molecule has 1 aromatic carbocycles. The first-order valence-corrected chi connectivity index (χ1v) is 7.01. The van der Waals surface area contributed by atoms with E-state index in [4.69, 9.17) is 10.00 Å². The molecule has 0 aromatic heterocycles. The summed E-state index contributed by atoms with van der Waals surface area (Å²) in [5.41, 5.74) is 0.507. The number of nitriles is 1. The molecule has 0 radical (unpaired) electrons. The standard InChI is InChI=1S/C14H15BrN2O2/c1-19-13-8-10(15)5-6-12(13)14(18)17-7-3-2-4-11(17)9-16/h5-6,8,11H,2-4,7H2,1H3. The van der Waals surface area contributed by atoms with Gasteiger partial charge in [-0.15, -0.1) is 0 Å². The predicted octanol–water partition coefficient (Wildman–Crippen LogP) is 2.98. The molecule has 1 aromatic rings. The van der Waals surface area contributed by atoms with Crippen LogP contribution in [0.5, 0.6) is 5.75 Å². The van der Waals surface area contributed by atoms with Crippen molar-refractivity contribution in [2.24, 2.45) is 0 Å². The zero-order valence-corrected chi connectivity index (χ0v) is 12.3. The van der Waals surface area contributed by atoms with Gasteiger partial charge in [-0.25, -0.2) is 0 Å². The Morgan fingerprint density at radius 2 is 2.32 bits per heavy atom. The van der Waals surface area contributed by atoms with Crippen LogP contribution in [0.15, 0.2) is 22.7 Å². The van der Waals surface area contributed by atoms with Gasteiger partial charge in [-0.05, 0) is 37.5 Å². The smallest absolute Gasteiger partial charge is 0.258 e. The molecule has 2 rings (SSSR count). The molecule has 1 heterocycles. The van der Waals surface area contributed by atoms with Crippen LogP contribution in [0.1, 0.15) is 29.6 Å². The van der Waals surface area contributed by atoms with Crippen LogP contribution < -0.4 is 4.74 Å². The van der Waals surface area contributed by atoms with Gasteiger partial charge >= 0.3 is 0 Å². The minimum atomic E-state index is -0.324. The van der Waals surface area contributed by atoms with Crippen LogP contribution in [0, 0.1) is 11.3 Å². The Hall–Kier alpha value is -1.54. The van der Waals surface area contributed by atoms with E-state index in [1.165, 1.54) is 7.11 Å². The van der Waals surface area contributed by atoms with Crippen LogP contribution in [0.25, 0.3) is 0 Å². The van der Waals surface area contributed by atoms with Crippen molar-refractivity contribution in [3.63, 3.8) is 0 Å². The number of methoxy groups -OCH3 is 1. The Balaban J connectivity index is 2.30. The van der Waals surface area contributed by atoms with E-state index in [2.05, 4.69) is 22.0 Å². The summed E-state index contributed by atoms with van der Waals surface area (Å²) in [4.78, 5) is 14.2. The third-order valence-electron chi connectivity index (χ3n) is 3.31. The number of halogens is 1. The first-order valence-electron chi connectivity index (χ1n) is 6.21. The van der Waals surface area contributed by atoms with Crippen molar-refractivity contribution in [3.8, 4) is 11.8 Å². The number of rotatable bonds is 2. The second kappa shape index (κ2) is 6.07. The average Bonchev–Trinajstić information content (AvgIpc) is 2.46. The molecule has 0 aliphatic carbocycles. The van der Waals surface area contributed by atoms with Crippen LogP contribution in [-0.2, 0) is 0 Å². The normalized spacial score (nSPS) is 18.8. The molecule has 1 aliphatic heterocycles. The van der Waals surface area contributed by atoms with Gasteiger partial charge < -0.3 is 9.64 Å². The molecular formula is C14H15BrN2O2. The van der Waals surface area contributed by atoms with Crippen LogP contribution in [-0.4, -0.2) is 30.5 Å². The molecule has 19 heavy (non-hydrogen) atoms. The molecule has 0 bridgehead atoms. The number of carbonyl (C=O) groups excluding carboxylic acids is 1. The van der Waals surface area contributed by atoms with Crippen molar-refractivity contribution in [1.29, 1.82) is 5.26 Å². The number of benzene rings is 1. The summed E-state index contributed by atoms with van der Waals surface area (Å²) in [7, 11) is 1.54. The van der Waals surface area contributed by atoms with Crippen molar-refractivity contribution in [1.82, 2.24) is 4.90 Å². The minimum absolute atomic E-state index is 0.129. The van der Waals surface area contributed by atoms with E-state index in [1.54, 1.807) is 23.1 Å². The van der Waals surface area contributed by atoms with Gasteiger partial charge in [0.15, 0.2) is 0 Å². The SMILES string of the molecule is COc1cc(Br)ccc1C(=O)N1CCCCC1C#N. The monoisotopic (exact) mass is 322 g/mol. The topological polar surface area (TPSA) is 53.3 Å². The molecule has 0 spiro atoms. The Labute approximate surface area is 121 Å².